The maximum absolute atomic E-state index is 10.7. The first-order valence-electron chi connectivity index (χ1n) is 10.1. The molecule has 0 radical (unpaired) electrons. The summed E-state index contributed by atoms with van der Waals surface area (Å²) in [6, 6.07) is 15.3. The Bertz CT molecular complexity index is 988. The quantitative estimate of drug-likeness (QED) is 0.300. The standard InChI is InChI=1S/C23H29N3O4S/c1-4-24-23(25-13-18(27)17-12-16(29-2)9-10-20(17)30-3)26-14-19(28)22-11-15-7-5-6-8-21(15)31-22/h5-12,18-19,27-28H,4,13-14H2,1-3H3,(H2,24,25,26). The predicted octanol–water partition coefficient (Wildman–Crippen LogP) is 3.24. The monoisotopic (exact) mass is 443 g/mol. The number of ether oxygens (including phenoxy) is 2. The van der Waals surface area contributed by atoms with Crippen LogP contribution in [0.5, 0.6) is 11.5 Å². The molecule has 31 heavy (non-hydrogen) atoms. The molecule has 3 aromatic rings. The average Bonchev–Trinajstić information content (AvgIpc) is 3.24. The molecule has 8 heteroatoms. The van der Waals surface area contributed by atoms with Crippen LogP contribution in [-0.4, -0.2) is 50.0 Å². The lowest BCUT2D eigenvalue weighted by molar-refractivity contribution is 0.175. The van der Waals surface area contributed by atoms with E-state index in [1.54, 1.807) is 43.8 Å². The number of nitrogens with zero attached hydrogens (tertiary/aromatic N) is 1. The van der Waals surface area contributed by atoms with Crippen LogP contribution in [0.15, 0.2) is 53.5 Å². The topological polar surface area (TPSA) is 95.3 Å². The molecule has 1 aromatic heterocycles. The second-order valence-electron chi connectivity index (χ2n) is 6.93. The van der Waals surface area contributed by atoms with E-state index in [-0.39, 0.29) is 13.1 Å². The van der Waals surface area contributed by atoms with Crippen molar-refractivity contribution in [1.29, 1.82) is 0 Å². The van der Waals surface area contributed by atoms with Gasteiger partial charge in [-0.2, -0.15) is 0 Å². The maximum Gasteiger partial charge on any atom is 0.191 e. The van der Waals surface area contributed by atoms with E-state index in [2.05, 4.69) is 15.6 Å². The third-order valence-electron chi connectivity index (χ3n) is 4.80. The number of nitrogens with one attached hydrogen (secondary N) is 2. The summed E-state index contributed by atoms with van der Waals surface area (Å²) in [5.41, 5.74) is 0.621. The summed E-state index contributed by atoms with van der Waals surface area (Å²) in [6.45, 7) is 3.04. The Hall–Kier alpha value is -2.81. The lowest BCUT2D eigenvalue weighted by Gasteiger charge is -2.18. The highest BCUT2D eigenvalue weighted by Crippen LogP contribution is 2.30. The fraction of sp³-hybridized carbons (Fsp3) is 0.348. The molecule has 7 nitrogen and oxygen atoms in total. The first-order chi connectivity index (χ1) is 15.0. The van der Waals surface area contributed by atoms with Crippen LogP contribution >= 0.6 is 11.3 Å². The van der Waals surface area contributed by atoms with Gasteiger partial charge in [-0.25, -0.2) is 0 Å². The smallest absolute Gasteiger partial charge is 0.191 e. The average molecular weight is 444 g/mol. The third-order valence-corrected chi connectivity index (χ3v) is 6.02. The first-order valence-corrected chi connectivity index (χ1v) is 11.0. The summed E-state index contributed by atoms with van der Waals surface area (Å²) in [6.07, 6.45) is -1.53. The second kappa shape index (κ2) is 11.0. The molecule has 2 aromatic carbocycles. The van der Waals surface area contributed by atoms with E-state index in [4.69, 9.17) is 9.47 Å². The lowest BCUT2D eigenvalue weighted by Crippen LogP contribution is -2.39. The molecule has 0 bridgehead atoms. The van der Waals surface area contributed by atoms with Crippen LogP contribution in [0.25, 0.3) is 10.1 Å². The normalized spacial score (nSPS) is 13.6. The molecule has 1 heterocycles. The molecule has 0 aliphatic heterocycles. The zero-order valence-electron chi connectivity index (χ0n) is 18.0. The number of thiophene rings is 1. The van der Waals surface area contributed by atoms with Gasteiger partial charge in [0.15, 0.2) is 5.96 Å². The number of hydrogen-bond donors (Lipinski definition) is 4. The Kier molecular flexibility index (Phi) is 8.11. The Morgan fingerprint density at radius 2 is 1.84 bits per heavy atom. The lowest BCUT2D eigenvalue weighted by atomic mass is 10.1. The van der Waals surface area contributed by atoms with Gasteiger partial charge in [-0.05, 0) is 42.6 Å². The summed E-state index contributed by atoms with van der Waals surface area (Å²) in [4.78, 5) is 5.36. The van der Waals surface area contributed by atoms with Crippen LogP contribution < -0.4 is 20.1 Å². The van der Waals surface area contributed by atoms with Gasteiger partial charge in [0.1, 0.15) is 17.6 Å². The van der Waals surface area contributed by atoms with Crippen molar-refractivity contribution < 1.29 is 19.7 Å². The van der Waals surface area contributed by atoms with Gasteiger partial charge in [-0.15, -0.1) is 11.3 Å². The van der Waals surface area contributed by atoms with Crippen LogP contribution in [0.3, 0.4) is 0 Å². The van der Waals surface area contributed by atoms with Gasteiger partial charge in [0.05, 0.1) is 26.9 Å². The van der Waals surface area contributed by atoms with Crippen molar-refractivity contribution in [2.45, 2.75) is 19.1 Å². The maximum atomic E-state index is 10.7. The van der Waals surface area contributed by atoms with E-state index in [1.807, 2.05) is 37.3 Å². The Labute approximate surface area is 186 Å². The predicted molar refractivity (Wildman–Crippen MR) is 125 cm³/mol. The minimum absolute atomic E-state index is 0.209. The second-order valence-corrected chi connectivity index (χ2v) is 8.04. The number of benzene rings is 2. The molecular weight excluding hydrogens is 414 g/mol. The number of aliphatic hydroxyl groups is 2. The molecule has 3 rings (SSSR count). The highest BCUT2D eigenvalue weighted by molar-refractivity contribution is 7.19. The summed E-state index contributed by atoms with van der Waals surface area (Å²) in [5.74, 6) is 1.74. The molecule has 166 valence electrons. The number of fused-ring (bicyclic) bond motifs is 1. The molecule has 2 unspecified atom stereocenters. The van der Waals surface area contributed by atoms with E-state index >= 15 is 0 Å². The van der Waals surface area contributed by atoms with E-state index in [0.717, 1.165) is 15.0 Å². The van der Waals surface area contributed by atoms with Gasteiger partial charge in [0, 0.05) is 28.2 Å². The number of aliphatic hydroxyl groups excluding tert-OH is 2. The molecule has 0 fully saturated rings. The molecule has 0 aliphatic rings. The van der Waals surface area contributed by atoms with Crippen LogP contribution in [0, 0.1) is 0 Å². The zero-order chi connectivity index (χ0) is 22.2. The van der Waals surface area contributed by atoms with Crippen molar-refractivity contribution in [3.8, 4) is 11.5 Å². The molecule has 0 saturated heterocycles. The van der Waals surface area contributed by atoms with Gasteiger partial charge in [-0.1, -0.05) is 18.2 Å². The molecule has 4 N–H and O–H groups in total. The number of guanidine groups is 1. The zero-order valence-corrected chi connectivity index (χ0v) is 18.8. The van der Waals surface area contributed by atoms with Crippen molar-refractivity contribution in [1.82, 2.24) is 10.6 Å². The van der Waals surface area contributed by atoms with Gasteiger partial charge >= 0.3 is 0 Å². The fourth-order valence-corrected chi connectivity index (χ4v) is 4.22. The Morgan fingerprint density at radius 1 is 1.03 bits per heavy atom. The van der Waals surface area contributed by atoms with Gasteiger partial charge in [0.25, 0.3) is 0 Å². The third kappa shape index (κ3) is 5.88. The molecule has 0 saturated carbocycles. The molecule has 2 atom stereocenters. The van der Waals surface area contributed by atoms with Crippen molar-refractivity contribution in [3.05, 3.63) is 59.0 Å². The van der Waals surface area contributed by atoms with E-state index in [0.29, 0.717) is 29.6 Å². The highest BCUT2D eigenvalue weighted by Gasteiger charge is 2.16. The molecule has 0 aliphatic carbocycles. The van der Waals surface area contributed by atoms with E-state index in [1.165, 1.54) is 0 Å². The molecule has 0 spiro atoms. The molecule has 0 amide bonds. The summed E-state index contributed by atoms with van der Waals surface area (Å²) >= 11 is 1.57. The Balaban J connectivity index is 1.65. The van der Waals surface area contributed by atoms with Gasteiger partial charge < -0.3 is 30.3 Å². The number of hydrogen-bond acceptors (Lipinski definition) is 6. The highest BCUT2D eigenvalue weighted by atomic mass is 32.1. The summed E-state index contributed by atoms with van der Waals surface area (Å²) in [7, 11) is 3.14. The fourth-order valence-electron chi connectivity index (χ4n) is 3.18. The number of aliphatic imine (C=N–C) groups is 1. The van der Waals surface area contributed by atoms with Crippen molar-refractivity contribution in [2.24, 2.45) is 4.99 Å². The minimum atomic E-state index is -0.832. The van der Waals surface area contributed by atoms with Crippen LogP contribution in [-0.2, 0) is 0 Å². The van der Waals surface area contributed by atoms with Crippen molar-refractivity contribution in [3.63, 3.8) is 0 Å². The SMILES string of the molecule is CCNC(=NCC(O)c1cc2ccccc2s1)NCC(O)c1cc(OC)ccc1OC. The van der Waals surface area contributed by atoms with Crippen LogP contribution in [0.1, 0.15) is 29.6 Å². The van der Waals surface area contributed by atoms with Crippen LogP contribution in [0.4, 0.5) is 0 Å². The van der Waals surface area contributed by atoms with Crippen molar-refractivity contribution >= 4 is 27.4 Å². The van der Waals surface area contributed by atoms with Crippen LogP contribution in [0.2, 0.25) is 0 Å². The Morgan fingerprint density at radius 3 is 2.55 bits per heavy atom. The summed E-state index contributed by atoms with van der Waals surface area (Å²) in [5, 5.41) is 28.6. The first kappa shape index (κ1) is 22.9. The van der Waals surface area contributed by atoms with Gasteiger partial charge in [0.2, 0.25) is 0 Å². The minimum Gasteiger partial charge on any atom is -0.497 e. The van der Waals surface area contributed by atoms with E-state index < -0.39 is 12.2 Å². The number of rotatable bonds is 9. The van der Waals surface area contributed by atoms with E-state index in [9.17, 15) is 10.2 Å². The van der Waals surface area contributed by atoms with Gasteiger partial charge in [-0.3, -0.25) is 4.99 Å². The summed E-state index contributed by atoms with van der Waals surface area (Å²) < 4.78 is 11.7. The largest absolute Gasteiger partial charge is 0.497 e. The molecular formula is C23H29N3O4S. The van der Waals surface area contributed by atoms with Crippen molar-refractivity contribution in [2.75, 3.05) is 33.9 Å². The number of methoxy groups -OCH3 is 2.